The summed E-state index contributed by atoms with van der Waals surface area (Å²) in [5, 5.41) is 16.9. The number of carbonyl (C=O) groups excluding carboxylic acids is 1. The molecule has 0 aliphatic heterocycles. The maximum absolute atomic E-state index is 10.9. The number of rotatable bonds is 8. The molecule has 1 aliphatic carbocycles. The molecular weight excluding hydrogens is 232 g/mol. The summed E-state index contributed by atoms with van der Waals surface area (Å²) >= 11 is 0. The fraction of sp³-hybridized carbons (Fsp3) is 0.667. The van der Waals surface area contributed by atoms with E-state index in [2.05, 4.69) is 11.5 Å². The van der Waals surface area contributed by atoms with E-state index in [-0.39, 0.29) is 6.54 Å². The largest absolute Gasteiger partial charge is 0.377 e. The predicted molar refractivity (Wildman–Crippen MR) is 69.8 cm³/mol. The number of nitrogens with one attached hydrogen (secondary N) is 2. The smallest absolute Gasteiger partial charge is 0.128 e. The molecule has 0 heterocycles. The summed E-state index contributed by atoms with van der Waals surface area (Å²) < 4.78 is 0. The van der Waals surface area contributed by atoms with E-state index in [0.717, 1.165) is 12.8 Å². The molecule has 1 aliphatic rings. The zero-order valence-corrected chi connectivity index (χ0v) is 10.5. The summed E-state index contributed by atoms with van der Waals surface area (Å²) in [6, 6.07) is 0. The molecule has 2 unspecified atom stereocenters. The lowest BCUT2D eigenvalue weighted by Crippen LogP contribution is -2.46. The SMILES string of the molecule is N=CN(CC1=CCCCC1)CC(C=O)C(O)NN. The van der Waals surface area contributed by atoms with Gasteiger partial charge in [0.2, 0.25) is 0 Å². The summed E-state index contributed by atoms with van der Waals surface area (Å²) in [7, 11) is 0. The van der Waals surface area contributed by atoms with Crippen molar-refractivity contribution in [1.82, 2.24) is 10.3 Å². The number of hydrogen-bond donors (Lipinski definition) is 4. The number of aliphatic hydroxyl groups is 1. The van der Waals surface area contributed by atoms with Crippen LogP contribution >= 0.6 is 0 Å². The Balaban J connectivity index is 2.52. The fourth-order valence-corrected chi connectivity index (χ4v) is 2.08. The first-order valence-electron chi connectivity index (χ1n) is 6.23. The minimum absolute atomic E-state index is 0.287. The van der Waals surface area contributed by atoms with Crippen molar-refractivity contribution < 1.29 is 9.90 Å². The van der Waals surface area contributed by atoms with Crippen molar-refractivity contribution in [3.63, 3.8) is 0 Å². The molecule has 2 atom stereocenters. The van der Waals surface area contributed by atoms with Crippen molar-refractivity contribution >= 4 is 12.6 Å². The Bertz CT molecular complexity index is 306. The van der Waals surface area contributed by atoms with Gasteiger partial charge in [-0.05, 0) is 25.7 Å². The number of hydrazine groups is 1. The van der Waals surface area contributed by atoms with Crippen molar-refractivity contribution in [3.8, 4) is 0 Å². The third kappa shape index (κ3) is 4.56. The van der Waals surface area contributed by atoms with Crippen LogP contribution in [-0.2, 0) is 4.79 Å². The summed E-state index contributed by atoms with van der Waals surface area (Å²) in [6.45, 7) is 0.931. The number of carbonyl (C=O) groups is 1. The number of nitrogens with two attached hydrogens (primary N) is 1. The predicted octanol–water partition coefficient (Wildman–Crippen LogP) is -0.00733. The van der Waals surface area contributed by atoms with Crippen molar-refractivity contribution in [2.45, 2.75) is 31.9 Å². The average Bonchev–Trinajstić information content (AvgIpc) is 2.43. The molecule has 0 aromatic rings. The molecule has 6 heteroatoms. The molecule has 0 fully saturated rings. The zero-order valence-electron chi connectivity index (χ0n) is 10.5. The molecule has 0 saturated carbocycles. The maximum atomic E-state index is 10.9. The molecule has 18 heavy (non-hydrogen) atoms. The second kappa shape index (κ2) is 7.97. The van der Waals surface area contributed by atoms with Gasteiger partial charge in [-0.15, -0.1) is 0 Å². The van der Waals surface area contributed by atoms with E-state index in [1.807, 2.05) is 0 Å². The van der Waals surface area contributed by atoms with Gasteiger partial charge in [-0.2, -0.15) is 0 Å². The van der Waals surface area contributed by atoms with Gasteiger partial charge in [-0.25, -0.2) is 5.43 Å². The van der Waals surface area contributed by atoms with Crippen LogP contribution in [0, 0.1) is 11.3 Å². The highest BCUT2D eigenvalue weighted by molar-refractivity contribution is 5.57. The van der Waals surface area contributed by atoms with E-state index in [9.17, 15) is 9.90 Å². The fourth-order valence-electron chi connectivity index (χ4n) is 2.08. The lowest BCUT2D eigenvalue weighted by Gasteiger charge is -2.26. The van der Waals surface area contributed by atoms with Gasteiger partial charge in [-0.1, -0.05) is 11.6 Å². The second-order valence-electron chi connectivity index (χ2n) is 4.58. The van der Waals surface area contributed by atoms with Gasteiger partial charge in [0.15, 0.2) is 0 Å². The Hall–Kier alpha value is -1.24. The highest BCUT2D eigenvalue weighted by Crippen LogP contribution is 2.18. The zero-order chi connectivity index (χ0) is 13.4. The molecule has 0 aromatic carbocycles. The van der Waals surface area contributed by atoms with Crippen molar-refractivity contribution in [2.24, 2.45) is 11.8 Å². The van der Waals surface area contributed by atoms with Crippen LogP contribution in [0.25, 0.3) is 0 Å². The maximum Gasteiger partial charge on any atom is 0.128 e. The molecule has 1 rings (SSSR count). The normalized spacial score (nSPS) is 18.7. The topological polar surface area (TPSA) is 102 Å². The first-order valence-corrected chi connectivity index (χ1v) is 6.23. The van der Waals surface area contributed by atoms with Gasteiger partial charge >= 0.3 is 0 Å². The minimum Gasteiger partial charge on any atom is -0.377 e. The van der Waals surface area contributed by atoms with Crippen LogP contribution in [-0.4, -0.2) is 41.9 Å². The van der Waals surface area contributed by atoms with Crippen molar-refractivity contribution in [1.29, 1.82) is 5.41 Å². The highest BCUT2D eigenvalue weighted by atomic mass is 16.3. The standard InChI is InChI=1S/C12H22N4O2/c13-9-16(6-10-4-2-1-3-5-10)7-11(8-17)12(18)15-14/h4,8-9,11-13,15,18H,1-3,5-7,14H2. The lowest BCUT2D eigenvalue weighted by atomic mass is 9.99. The Labute approximate surface area is 107 Å². The number of aldehydes is 1. The molecule has 0 bridgehead atoms. The minimum atomic E-state index is -1.08. The molecule has 0 amide bonds. The van der Waals surface area contributed by atoms with Crippen LogP contribution in [0.15, 0.2) is 11.6 Å². The van der Waals surface area contributed by atoms with E-state index < -0.39 is 12.1 Å². The highest BCUT2D eigenvalue weighted by Gasteiger charge is 2.20. The van der Waals surface area contributed by atoms with E-state index in [4.69, 9.17) is 11.3 Å². The third-order valence-electron chi connectivity index (χ3n) is 3.17. The third-order valence-corrected chi connectivity index (χ3v) is 3.17. The summed E-state index contributed by atoms with van der Waals surface area (Å²) in [5.74, 6) is 4.47. The van der Waals surface area contributed by atoms with E-state index in [0.29, 0.717) is 12.8 Å². The number of allylic oxidation sites excluding steroid dienone is 1. The van der Waals surface area contributed by atoms with Gasteiger partial charge in [0.1, 0.15) is 12.5 Å². The first-order chi connectivity index (χ1) is 8.71. The molecule has 0 spiro atoms. The Morgan fingerprint density at radius 3 is 2.89 bits per heavy atom. The van der Waals surface area contributed by atoms with E-state index >= 15 is 0 Å². The van der Waals surface area contributed by atoms with Gasteiger partial charge in [0.25, 0.3) is 0 Å². The first kappa shape index (κ1) is 14.8. The monoisotopic (exact) mass is 254 g/mol. The quantitative estimate of drug-likeness (QED) is 0.0928. The van der Waals surface area contributed by atoms with Crippen LogP contribution in [0.4, 0.5) is 0 Å². The van der Waals surface area contributed by atoms with Crippen LogP contribution in [0.1, 0.15) is 25.7 Å². The van der Waals surface area contributed by atoms with Gasteiger partial charge in [0, 0.05) is 13.1 Å². The average molecular weight is 254 g/mol. The lowest BCUT2D eigenvalue weighted by molar-refractivity contribution is -0.115. The number of nitrogens with zero attached hydrogens (tertiary/aromatic N) is 1. The van der Waals surface area contributed by atoms with Gasteiger partial charge < -0.3 is 14.8 Å². The number of aliphatic hydroxyl groups excluding tert-OH is 1. The van der Waals surface area contributed by atoms with Crippen LogP contribution in [0.3, 0.4) is 0 Å². The molecule has 102 valence electrons. The van der Waals surface area contributed by atoms with Crippen LogP contribution in [0.2, 0.25) is 0 Å². The van der Waals surface area contributed by atoms with Gasteiger partial charge in [0.05, 0.1) is 12.3 Å². The Kier molecular flexibility index (Phi) is 6.56. The molecule has 0 saturated heterocycles. The molecule has 0 aromatic heterocycles. The Morgan fingerprint density at radius 2 is 2.39 bits per heavy atom. The molecule has 5 N–H and O–H groups in total. The Morgan fingerprint density at radius 1 is 1.61 bits per heavy atom. The van der Waals surface area contributed by atoms with Crippen LogP contribution < -0.4 is 11.3 Å². The van der Waals surface area contributed by atoms with Gasteiger partial charge in [-0.3, -0.25) is 11.3 Å². The van der Waals surface area contributed by atoms with E-state index in [1.165, 1.54) is 24.8 Å². The van der Waals surface area contributed by atoms with Crippen molar-refractivity contribution in [3.05, 3.63) is 11.6 Å². The summed E-state index contributed by atoms with van der Waals surface area (Å²) in [5.41, 5.74) is 3.45. The number of hydrogen-bond acceptors (Lipinski definition) is 5. The summed E-state index contributed by atoms with van der Waals surface area (Å²) in [4.78, 5) is 12.6. The second-order valence-corrected chi connectivity index (χ2v) is 4.58. The molecular formula is C12H22N4O2. The van der Waals surface area contributed by atoms with E-state index in [1.54, 1.807) is 4.90 Å². The summed E-state index contributed by atoms with van der Waals surface area (Å²) in [6.07, 6.45) is 7.53. The van der Waals surface area contributed by atoms with Crippen molar-refractivity contribution in [2.75, 3.05) is 13.1 Å². The molecule has 0 radical (unpaired) electrons. The molecule has 6 nitrogen and oxygen atoms in total. The van der Waals surface area contributed by atoms with Crippen LogP contribution in [0.5, 0.6) is 0 Å².